The Balaban J connectivity index is 2.53. The minimum Gasteiger partial charge on any atom is -0.473 e. The standard InChI is InChI=1S/C14H15N3O7/c18-10-15-7-9-16(24-14(21)13(19)20)8-1-2-11-3-5-12(6-4-11)17(22)23/h3-6H,1-2,7-9H2,(H,19,20). The molecule has 1 rings (SSSR count). The van der Waals surface area contributed by atoms with E-state index in [0.717, 1.165) is 10.6 Å². The third-order valence-corrected chi connectivity index (χ3v) is 2.93. The largest absolute Gasteiger partial charge is 0.473 e. The van der Waals surface area contributed by atoms with Crippen molar-refractivity contribution in [2.45, 2.75) is 12.8 Å². The van der Waals surface area contributed by atoms with Crippen LogP contribution in [0.3, 0.4) is 0 Å². The summed E-state index contributed by atoms with van der Waals surface area (Å²) in [5, 5.41) is 20.2. The van der Waals surface area contributed by atoms with E-state index < -0.39 is 16.9 Å². The van der Waals surface area contributed by atoms with Crippen LogP contribution in [0.15, 0.2) is 29.3 Å². The van der Waals surface area contributed by atoms with Gasteiger partial charge in [-0.25, -0.2) is 19.4 Å². The van der Waals surface area contributed by atoms with Crippen LogP contribution in [0.2, 0.25) is 0 Å². The number of nitrogens with zero attached hydrogens (tertiary/aromatic N) is 3. The molecule has 0 atom stereocenters. The van der Waals surface area contributed by atoms with E-state index in [0.29, 0.717) is 12.8 Å². The molecule has 0 aliphatic carbocycles. The Hall–Kier alpha value is -3.10. The number of hydrogen-bond acceptors (Lipinski definition) is 8. The normalized spacial score (nSPS) is 10.0. The van der Waals surface area contributed by atoms with Crippen molar-refractivity contribution in [2.24, 2.45) is 4.99 Å². The second kappa shape index (κ2) is 9.82. The fraction of sp³-hybridized carbons (Fsp3) is 0.357. The molecule has 0 bridgehead atoms. The van der Waals surface area contributed by atoms with Crippen molar-refractivity contribution >= 4 is 23.7 Å². The molecule has 1 aromatic carbocycles. The summed E-state index contributed by atoms with van der Waals surface area (Å²) in [7, 11) is 0. The molecule has 0 unspecified atom stereocenters. The van der Waals surface area contributed by atoms with E-state index in [2.05, 4.69) is 9.83 Å². The highest BCUT2D eigenvalue weighted by atomic mass is 16.7. The summed E-state index contributed by atoms with van der Waals surface area (Å²) in [5.74, 6) is -3.16. The number of carbonyl (C=O) groups excluding carboxylic acids is 2. The van der Waals surface area contributed by atoms with E-state index in [9.17, 15) is 24.5 Å². The lowest BCUT2D eigenvalue weighted by Gasteiger charge is -2.18. The smallest absolute Gasteiger partial charge is 0.436 e. The number of carbonyl (C=O) groups is 2. The van der Waals surface area contributed by atoms with Crippen molar-refractivity contribution in [3.8, 4) is 0 Å². The van der Waals surface area contributed by atoms with Gasteiger partial charge in [-0.3, -0.25) is 10.1 Å². The molecule has 0 aromatic heterocycles. The SMILES string of the molecule is O=C=NCCN(CCCc1ccc([N+](=O)[O-])cc1)OC(=O)C(=O)O. The number of isocyanates is 1. The van der Waals surface area contributed by atoms with Gasteiger partial charge >= 0.3 is 11.9 Å². The first-order chi connectivity index (χ1) is 11.4. The van der Waals surface area contributed by atoms with E-state index in [1.54, 1.807) is 12.1 Å². The number of nitro benzene ring substituents is 1. The highest BCUT2D eigenvalue weighted by molar-refractivity contribution is 6.28. The predicted molar refractivity (Wildman–Crippen MR) is 79.7 cm³/mol. The van der Waals surface area contributed by atoms with Crippen LogP contribution in [0, 0.1) is 10.1 Å². The number of hydrogen-bond donors (Lipinski definition) is 1. The van der Waals surface area contributed by atoms with Crippen molar-refractivity contribution in [3.05, 3.63) is 39.9 Å². The fourth-order valence-electron chi connectivity index (χ4n) is 1.81. The lowest BCUT2D eigenvalue weighted by Crippen LogP contribution is -2.33. The third-order valence-electron chi connectivity index (χ3n) is 2.93. The molecule has 0 heterocycles. The van der Waals surface area contributed by atoms with Crippen LogP contribution in [0.4, 0.5) is 5.69 Å². The quantitative estimate of drug-likeness (QED) is 0.228. The van der Waals surface area contributed by atoms with E-state index >= 15 is 0 Å². The molecule has 0 aliphatic heterocycles. The third kappa shape index (κ3) is 6.77. The van der Waals surface area contributed by atoms with Crippen molar-refractivity contribution in [3.63, 3.8) is 0 Å². The molecule has 0 radical (unpaired) electrons. The number of nitro groups is 1. The lowest BCUT2D eigenvalue weighted by molar-refractivity contribution is -0.384. The molecule has 0 spiro atoms. The van der Waals surface area contributed by atoms with E-state index in [-0.39, 0.29) is 25.3 Å². The van der Waals surface area contributed by atoms with Gasteiger partial charge in [0.1, 0.15) is 0 Å². The fourth-order valence-corrected chi connectivity index (χ4v) is 1.81. The Morgan fingerprint density at radius 1 is 1.29 bits per heavy atom. The Bertz CT molecular complexity index is 638. The Kier molecular flexibility index (Phi) is 7.76. The maximum absolute atomic E-state index is 11.1. The summed E-state index contributed by atoms with van der Waals surface area (Å²) >= 11 is 0. The second-order valence-electron chi connectivity index (χ2n) is 4.61. The highest BCUT2D eigenvalue weighted by Gasteiger charge is 2.18. The van der Waals surface area contributed by atoms with E-state index in [4.69, 9.17) is 5.11 Å². The molecular formula is C14H15N3O7. The molecule has 10 nitrogen and oxygen atoms in total. The number of aryl methyl sites for hydroxylation is 1. The van der Waals surface area contributed by atoms with Crippen LogP contribution >= 0.6 is 0 Å². The molecule has 0 saturated carbocycles. The van der Waals surface area contributed by atoms with Crippen molar-refractivity contribution in [1.29, 1.82) is 0 Å². The highest BCUT2D eigenvalue weighted by Crippen LogP contribution is 2.13. The van der Waals surface area contributed by atoms with Crippen LogP contribution in [0.25, 0.3) is 0 Å². The summed E-state index contributed by atoms with van der Waals surface area (Å²) < 4.78 is 0. The van der Waals surface area contributed by atoms with Crippen LogP contribution in [0.5, 0.6) is 0 Å². The summed E-state index contributed by atoms with van der Waals surface area (Å²) in [5.41, 5.74) is 0.832. The number of hydroxylamine groups is 2. The van der Waals surface area contributed by atoms with Gasteiger partial charge in [-0.1, -0.05) is 12.1 Å². The lowest BCUT2D eigenvalue weighted by atomic mass is 10.1. The Labute approximate surface area is 136 Å². The molecule has 0 saturated heterocycles. The van der Waals surface area contributed by atoms with Crippen LogP contribution < -0.4 is 0 Å². The molecule has 0 amide bonds. The number of aliphatic carboxylic acids is 1. The van der Waals surface area contributed by atoms with Crippen LogP contribution in [0.1, 0.15) is 12.0 Å². The minimum atomic E-state index is -1.73. The van der Waals surface area contributed by atoms with Crippen LogP contribution in [-0.2, 0) is 25.6 Å². The first-order valence-electron chi connectivity index (χ1n) is 6.91. The number of rotatable bonds is 9. The summed E-state index contributed by atoms with van der Waals surface area (Å²) in [6.07, 6.45) is 2.37. The van der Waals surface area contributed by atoms with Gasteiger partial charge in [-0.05, 0) is 18.4 Å². The Morgan fingerprint density at radius 2 is 1.96 bits per heavy atom. The maximum atomic E-state index is 11.1. The summed E-state index contributed by atoms with van der Waals surface area (Å²) in [6.45, 7) is 0.271. The molecule has 1 aromatic rings. The van der Waals surface area contributed by atoms with Crippen molar-refractivity contribution in [1.82, 2.24) is 5.06 Å². The second-order valence-corrected chi connectivity index (χ2v) is 4.61. The van der Waals surface area contributed by atoms with Gasteiger partial charge in [0.05, 0.1) is 18.0 Å². The number of carboxylic acids is 1. The average molecular weight is 337 g/mol. The van der Waals surface area contributed by atoms with Crippen molar-refractivity contribution in [2.75, 3.05) is 19.6 Å². The minimum absolute atomic E-state index is 0.00787. The number of benzene rings is 1. The molecule has 1 N–H and O–H groups in total. The van der Waals surface area contributed by atoms with Gasteiger partial charge in [0.2, 0.25) is 6.08 Å². The van der Waals surface area contributed by atoms with Gasteiger partial charge in [0, 0.05) is 18.7 Å². The number of aliphatic imine (C=N–C) groups is 1. The van der Waals surface area contributed by atoms with E-state index in [1.807, 2.05) is 0 Å². The first kappa shape index (κ1) is 18.9. The molecule has 0 aliphatic rings. The zero-order valence-electron chi connectivity index (χ0n) is 12.6. The average Bonchev–Trinajstić information content (AvgIpc) is 2.55. The van der Waals surface area contributed by atoms with Gasteiger partial charge < -0.3 is 9.94 Å². The summed E-state index contributed by atoms with van der Waals surface area (Å²) in [6, 6.07) is 6.00. The van der Waals surface area contributed by atoms with Crippen LogP contribution in [-0.4, -0.2) is 52.7 Å². The zero-order valence-corrected chi connectivity index (χ0v) is 12.6. The van der Waals surface area contributed by atoms with Crippen molar-refractivity contribution < 1.29 is 29.3 Å². The van der Waals surface area contributed by atoms with Gasteiger partial charge in [0.25, 0.3) is 5.69 Å². The molecule has 0 fully saturated rings. The van der Waals surface area contributed by atoms with E-state index in [1.165, 1.54) is 18.2 Å². The first-order valence-corrected chi connectivity index (χ1v) is 6.91. The maximum Gasteiger partial charge on any atom is 0.436 e. The molecule has 24 heavy (non-hydrogen) atoms. The van der Waals surface area contributed by atoms with Gasteiger partial charge in [-0.15, -0.1) is 5.06 Å². The summed E-state index contributed by atoms with van der Waals surface area (Å²) in [4.78, 5) is 49.7. The number of carboxylic acid groups (broad SMARTS) is 1. The molecular weight excluding hydrogens is 322 g/mol. The Morgan fingerprint density at radius 3 is 2.50 bits per heavy atom. The van der Waals surface area contributed by atoms with Gasteiger partial charge in [-0.2, -0.15) is 0 Å². The topological polar surface area (TPSA) is 139 Å². The zero-order chi connectivity index (χ0) is 17.9. The monoisotopic (exact) mass is 337 g/mol. The van der Waals surface area contributed by atoms with Gasteiger partial charge in [0.15, 0.2) is 0 Å². The molecule has 10 heteroatoms. The predicted octanol–water partition coefficient (Wildman–Crippen LogP) is 0.708. The number of non-ortho nitro benzene ring substituents is 1. The molecule has 128 valence electrons.